The maximum absolute atomic E-state index is 12.4. The molecule has 4 N–H and O–H groups in total. The number of rotatable bonds is 8. The molecule has 7 heteroatoms. The number of nitrogens with two attached hydrogens (primary N) is 1. The van der Waals surface area contributed by atoms with E-state index < -0.39 is 29.9 Å². The molecule has 3 aliphatic rings. The van der Waals surface area contributed by atoms with Crippen molar-refractivity contribution in [3.63, 3.8) is 0 Å². The van der Waals surface area contributed by atoms with Gasteiger partial charge in [0.05, 0.1) is 12.5 Å². The lowest BCUT2D eigenvalue weighted by Gasteiger charge is -2.23. The summed E-state index contributed by atoms with van der Waals surface area (Å²) < 4.78 is 5.68. The summed E-state index contributed by atoms with van der Waals surface area (Å²) in [4.78, 5) is 34.9. The molecule has 3 saturated carbocycles. The van der Waals surface area contributed by atoms with Crippen molar-refractivity contribution in [1.29, 1.82) is 0 Å². The highest BCUT2D eigenvalue weighted by molar-refractivity contribution is 5.93. The summed E-state index contributed by atoms with van der Waals surface area (Å²) in [5.74, 6) is -1.16. The van der Waals surface area contributed by atoms with Gasteiger partial charge in [0.25, 0.3) is 0 Å². The number of aliphatic carboxylic acids is 1. The summed E-state index contributed by atoms with van der Waals surface area (Å²) in [6, 6.07) is -1.15. The van der Waals surface area contributed by atoms with E-state index in [1.54, 1.807) is 0 Å². The zero-order valence-electron chi connectivity index (χ0n) is 12.4. The summed E-state index contributed by atoms with van der Waals surface area (Å²) >= 11 is 0. The third kappa shape index (κ3) is 3.40. The van der Waals surface area contributed by atoms with E-state index in [-0.39, 0.29) is 12.1 Å². The minimum atomic E-state index is -1.15. The van der Waals surface area contributed by atoms with Crippen LogP contribution in [-0.4, -0.2) is 40.6 Å². The Balaban J connectivity index is 1.54. The topological polar surface area (TPSA) is 119 Å². The first kappa shape index (κ1) is 15.3. The van der Waals surface area contributed by atoms with E-state index in [0.717, 1.165) is 25.7 Å². The maximum atomic E-state index is 12.4. The number of carbonyl (C=O) groups is 3. The van der Waals surface area contributed by atoms with Crippen molar-refractivity contribution in [3.8, 4) is 0 Å². The number of hydrogen-bond acceptors (Lipinski definition) is 5. The van der Waals surface area contributed by atoms with Gasteiger partial charge in [-0.2, -0.15) is 0 Å². The first-order valence-electron chi connectivity index (χ1n) is 7.92. The third-order valence-electron chi connectivity index (χ3n) is 4.65. The Bertz CT molecular complexity index is 482. The molecule has 7 nitrogen and oxygen atoms in total. The van der Waals surface area contributed by atoms with Gasteiger partial charge in [-0.3, -0.25) is 9.59 Å². The van der Waals surface area contributed by atoms with Crippen molar-refractivity contribution in [2.75, 3.05) is 0 Å². The predicted octanol–water partition coefficient (Wildman–Crippen LogP) is 0.169. The van der Waals surface area contributed by atoms with Crippen LogP contribution in [0, 0.1) is 11.8 Å². The zero-order valence-corrected chi connectivity index (χ0v) is 12.4. The van der Waals surface area contributed by atoms with Crippen molar-refractivity contribution in [1.82, 2.24) is 5.32 Å². The van der Waals surface area contributed by atoms with Crippen LogP contribution in [0.5, 0.6) is 0 Å². The largest absolute Gasteiger partial charge is 0.481 e. The van der Waals surface area contributed by atoms with Gasteiger partial charge in [-0.15, -0.1) is 0 Å². The molecule has 0 aromatic heterocycles. The molecule has 1 amide bonds. The Labute approximate surface area is 128 Å². The number of carboxylic acids is 1. The van der Waals surface area contributed by atoms with Crippen LogP contribution >= 0.6 is 0 Å². The summed E-state index contributed by atoms with van der Waals surface area (Å²) in [5.41, 5.74) is 4.55. The lowest BCUT2D eigenvalue weighted by molar-refractivity contribution is -0.156. The van der Waals surface area contributed by atoms with E-state index in [1.165, 1.54) is 0 Å². The highest BCUT2D eigenvalue weighted by atomic mass is 16.5. The van der Waals surface area contributed by atoms with E-state index in [4.69, 9.17) is 15.6 Å². The smallest absolute Gasteiger partial charge is 0.332 e. The van der Waals surface area contributed by atoms with Crippen molar-refractivity contribution in [2.24, 2.45) is 17.6 Å². The van der Waals surface area contributed by atoms with Gasteiger partial charge in [0.2, 0.25) is 5.91 Å². The highest BCUT2D eigenvalue weighted by Gasteiger charge is 2.55. The molecule has 3 aliphatic carbocycles. The molecule has 0 aliphatic heterocycles. The van der Waals surface area contributed by atoms with Crippen LogP contribution in [0.2, 0.25) is 0 Å². The molecule has 0 bridgehead atoms. The van der Waals surface area contributed by atoms with Gasteiger partial charge >= 0.3 is 11.9 Å². The van der Waals surface area contributed by atoms with Crippen LogP contribution in [0.3, 0.4) is 0 Å². The molecule has 0 heterocycles. The molecule has 0 unspecified atom stereocenters. The summed E-state index contributed by atoms with van der Waals surface area (Å²) in [6.45, 7) is 0. The molecule has 3 rings (SSSR count). The molecule has 22 heavy (non-hydrogen) atoms. The van der Waals surface area contributed by atoms with Gasteiger partial charge in [-0.05, 0) is 50.4 Å². The second-order valence-electron chi connectivity index (χ2n) is 6.82. The summed E-state index contributed by atoms with van der Waals surface area (Å²) in [5, 5.41) is 11.3. The average Bonchev–Trinajstić information content (AvgIpc) is 3.30. The Morgan fingerprint density at radius 1 is 1.18 bits per heavy atom. The normalized spacial score (nSPS) is 23.7. The quantitative estimate of drug-likeness (QED) is 0.550. The SMILES string of the molecule is N[C@@H](CC(=O)O)C(=O)NC1(C(=O)OC(C2CC2)C2CC2)CC1. The van der Waals surface area contributed by atoms with Gasteiger partial charge in [0, 0.05) is 0 Å². The molecule has 0 radical (unpaired) electrons. The lowest BCUT2D eigenvalue weighted by Crippen LogP contribution is -2.51. The number of nitrogens with one attached hydrogen (secondary N) is 1. The molecule has 0 spiro atoms. The number of esters is 1. The molecular weight excluding hydrogens is 288 g/mol. The second-order valence-corrected chi connectivity index (χ2v) is 6.82. The molecule has 1 atom stereocenters. The fourth-order valence-corrected chi connectivity index (χ4v) is 2.78. The molecule has 0 aromatic carbocycles. The first-order chi connectivity index (χ1) is 10.4. The number of ether oxygens (including phenoxy) is 1. The molecule has 3 fully saturated rings. The number of amides is 1. The first-order valence-corrected chi connectivity index (χ1v) is 7.92. The van der Waals surface area contributed by atoms with Crippen molar-refractivity contribution in [2.45, 2.75) is 62.6 Å². The summed E-state index contributed by atoms with van der Waals surface area (Å²) in [6.07, 6.45) is 5.03. The number of hydrogen-bond donors (Lipinski definition) is 3. The average molecular weight is 310 g/mol. The monoisotopic (exact) mass is 310 g/mol. The Morgan fingerprint density at radius 3 is 2.14 bits per heavy atom. The predicted molar refractivity (Wildman–Crippen MR) is 75.7 cm³/mol. The van der Waals surface area contributed by atoms with Gasteiger partial charge < -0.3 is 20.9 Å². The van der Waals surface area contributed by atoms with Gasteiger partial charge in [0.1, 0.15) is 11.6 Å². The van der Waals surface area contributed by atoms with Crippen LogP contribution in [0.4, 0.5) is 0 Å². The Kier molecular flexibility index (Phi) is 3.84. The molecule has 122 valence electrons. The fourth-order valence-electron chi connectivity index (χ4n) is 2.78. The number of carbonyl (C=O) groups excluding carboxylic acids is 2. The maximum Gasteiger partial charge on any atom is 0.332 e. The van der Waals surface area contributed by atoms with Gasteiger partial charge in [-0.1, -0.05) is 0 Å². The van der Waals surface area contributed by atoms with Gasteiger partial charge in [0.15, 0.2) is 0 Å². The van der Waals surface area contributed by atoms with Crippen LogP contribution in [-0.2, 0) is 19.1 Å². The number of carboxylic acid groups (broad SMARTS) is 1. The van der Waals surface area contributed by atoms with Crippen molar-refractivity contribution in [3.05, 3.63) is 0 Å². The molecular formula is C15H22N2O5. The van der Waals surface area contributed by atoms with E-state index in [2.05, 4.69) is 5.32 Å². The van der Waals surface area contributed by atoms with Crippen LogP contribution < -0.4 is 11.1 Å². The molecule has 0 saturated heterocycles. The minimum Gasteiger partial charge on any atom is -0.481 e. The highest BCUT2D eigenvalue weighted by Crippen LogP contribution is 2.47. The van der Waals surface area contributed by atoms with Crippen LogP contribution in [0.25, 0.3) is 0 Å². The summed E-state index contributed by atoms with van der Waals surface area (Å²) in [7, 11) is 0. The van der Waals surface area contributed by atoms with E-state index >= 15 is 0 Å². The standard InChI is InChI=1S/C15H22N2O5/c16-10(7-11(18)19)13(20)17-15(5-6-15)14(21)22-12(8-1-2-8)9-3-4-9/h8-10,12H,1-7,16H2,(H,17,20)(H,18,19)/t10-/m0/s1. The van der Waals surface area contributed by atoms with Gasteiger partial charge in [-0.25, -0.2) is 4.79 Å². The fraction of sp³-hybridized carbons (Fsp3) is 0.800. The third-order valence-corrected chi connectivity index (χ3v) is 4.65. The van der Waals surface area contributed by atoms with Crippen molar-refractivity contribution >= 4 is 17.8 Å². The minimum absolute atomic E-state index is 0.00503. The van der Waals surface area contributed by atoms with E-state index in [9.17, 15) is 14.4 Å². The zero-order chi connectivity index (χ0) is 15.9. The Morgan fingerprint density at radius 2 is 1.73 bits per heavy atom. The van der Waals surface area contributed by atoms with Crippen LogP contribution in [0.15, 0.2) is 0 Å². The van der Waals surface area contributed by atoms with E-state index in [1.807, 2.05) is 0 Å². The molecule has 0 aromatic rings. The lowest BCUT2D eigenvalue weighted by atomic mass is 10.1. The van der Waals surface area contributed by atoms with Crippen molar-refractivity contribution < 1.29 is 24.2 Å². The second kappa shape index (κ2) is 5.53. The Hall–Kier alpha value is -1.63. The van der Waals surface area contributed by atoms with Crippen LogP contribution in [0.1, 0.15) is 44.9 Å². The van der Waals surface area contributed by atoms with E-state index in [0.29, 0.717) is 24.7 Å².